The highest BCUT2D eigenvalue weighted by Crippen LogP contribution is 2.17. The van der Waals surface area contributed by atoms with Crippen LogP contribution in [0.3, 0.4) is 0 Å². The smallest absolute Gasteiger partial charge is 0.383 e. The number of methoxy groups -OCH3 is 1. The van der Waals surface area contributed by atoms with E-state index in [4.69, 9.17) is 0 Å². The van der Waals surface area contributed by atoms with E-state index in [1.54, 1.807) is 4.72 Å². The van der Waals surface area contributed by atoms with Gasteiger partial charge in [-0.25, -0.2) is 8.93 Å². The molecule has 0 radical (unpaired) electrons. The molecule has 68 valence electrons. The van der Waals surface area contributed by atoms with Crippen LogP contribution in [0.15, 0.2) is 0 Å². The predicted octanol–water partition coefficient (Wildman–Crippen LogP) is 0.406. The van der Waals surface area contributed by atoms with Gasteiger partial charge in [0.1, 0.15) is 0 Å². The Morgan fingerprint density at radius 3 is 2.45 bits per heavy atom. The van der Waals surface area contributed by atoms with E-state index in [1.807, 2.05) is 0 Å². The predicted molar refractivity (Wildman–Crippen MR) is 34.1 cm³/mol. The summed E-state index contributed by atoms with van der Waals surface area (Å²) in [4.78, 5) is 0. The van der Waals surface area contributed by atoms with Crippen LogP contribution in [0.5, 0.6) is 0 Å². The summed E-state index contributed by atoms with van der Waals surface area (Å²) in [7, 11) is -1.62. The third-order valence-electron chi connectivity index (χ3n) is 0.750. The van der Waals surface area contributed by atoms with E-state index in [2.05, 4.69) is 4.74 Å². The molecule has 11 heavy (non-hydrogen) atoms. The molecule has 3 nitrogen and oxygen atoms in total. The second-order valence-corrected chi connectivity index (χ2v) is 2.89. The highest BCUT2D eigenvalue weighted by atomic mass is 32.2. The van der Waals surface area contributed by atoms with Crippen molar-refractivity contribution in [2.45, 2.75) is 5.51 Å². The maximum absolute atomic E-state index is 11.5. The normalized spacial score (nSPS) is 14.9. The monoisotopic (exact) mass is 191 g/mol. The van der Waals surface area contributed by atoms with Gasteiger partial charge in [0.05, 0.1) is 6.61 Å². The lowest BCUT2D eigenvalue weighted by Gasteiger charge is -2.06. The van der Waals surface area contributed by atoms with Crippen molar-refractivity contribution < 1.29 is 22.1 Å². The first-order chi connectivity index (χ1) is 4.98. The van der Waals surface area contributed by atoms with Crippen LogP contribution in [0.2, 0.25) is 0 Å². The van der Waals surface area contributed by atoms with Crippen LogP contribution < -0.4 is 4.72 Å². The quantitative estimate of drug-likeness (QED) is 0.653. The van der Waals surface area contributed by atoms with Gasteiger partial charge in [0.25, 0.3) is 0 Å². The number of halogens is 3. The van der Waals surface area contributed by atoms with Gasteiger partial charge in [-0.05, 0) is 0 Å². The van der Waals surface area contributed by atoms with Gasteiger partial charge in [0.2, 0.25) is 0 Å². The zero-order chi connectivity index (χ0) is 8.91. The van der Waals surface area contributed by atoms with E-state index >= 15 is 0 Å². The molecule has 0 spiro atoms. The molecule has 0 saturated heterocycles. The van der Waals surface area contributed by atoms with E-state index in [0.717, 1.165) is 0 Å². The number of rotatable bonds is 4. The summed E-state index contributed by atoms with van der Waals surface area (Å²) in [5.74, 6) is 0. The van der Waals surface area contributed by atoms with Gasteiger partial charge in [-0.1, -0.05) is 0 Å². The minimum Gasteiger partial charge on any atom is -0.383 e. The zero-order valence-corrected chi connectivity index (χ0v) is 6.59. The Balaban J connectivity index is 3.54. The summed E-state index contributed by atoms with van der Waals surface area (Å²) < 4.78 is 50.8. The molecule has 0 rings (SSSR count). The van der Waals surface area contributed by atoms with E-state index in [1.165, 1.54) is 7.11 Å². The molecule has 7 heteroatoms. The molecule has 1 atom stereocenters. The molecule has 0 amide bonds. The summed E-state index contributed by atoms with van der Waals surface area (Å²) in [6, 6.07) is 0. The van der Waals surface area contributed by atoms with Crippen LogP contribution in [-0.2, 0) is 15.7 Å². The van der Waals surface area contributed by atoms with E-state index in [9.17, 15) is 17.4 Å². The number of nitrogens with one attached hydrogen (secondary N) is 1. The van der Waals surface area contributed by atoms with E-state index < -0.39 is 16.5 Å². The maximum Gasteiger partial charge on any atom is 0.485 e. The second-order valence-electron chi connectivity index (χ2n) is 1.60. The minimum absolute atomic E-state index is 0.0807. The Morgan fingerprint density at radius 1 is 1.55 bits per heavy atom. The van der Waals surface area contributed by atoms with Gasteiger partial charge < -0.3 is 4.74 Å². The number of hydrogen-bond acceptors (Lipinski definition) is 2. The van der Waals surface area contributed by atoms with Crippen molar-refractivity contribution in [3.05, 3.63) is 0 Å². The first-order valence-electron chi connectivity index (χ1n) is 2.69. The molecule has 1 N–H and O–H groups in total. The average Bonchev–Trinajstić information content (AvgIpc) is 1.86. The molecule has 0 aliphatic rings. The van der Waals surface area contributed by atoms with Crippen molar-refractivity contribution in [1.29, 1.82) is 0 Å². The lowest BCUT2D eigenvalue weighted by Crippen LogP contribution is -2.32. The minimum atomic E-state index is -4.69. The van der Waals surface area contributed by atoms with Gasteiger partial charge in [-0.2, -0.15) is 13.2 Å². The van der Waals surface area contributed by atoms with Crippen LogP contribution >= 0.6 is 0 Å². The van der Waals surface area contributed by atoms with Crippen molar-refractivity contribution in [2.24, 2.45) is 0 Å². The maximum atomic E-state index is 11.5. The fraction of sp³-hybridized carbons (Fsp3) is 1.00. The largest absolute Gasteiger partial charge is 0.485 e. The highest BCUT2D eigenvalue weighted by Gasteiger charge is 2.36. The van der Waals surface area contributed by atoms with Gasteiger partial charge >= 0.3 is 5.51 Å². The highest BCUT2D eigenvalue weighted by molar-refractivity contribution is 7.83. The summed E-state index contributed by atoms with van der Waals surface area (Å²) in [5, 5.41) is 0. The molecule has 0 saturated carbocycles. The first kappa shape index (κ1) is 10.9. The Kier molecular flexibility index (Phi) is 4.62. The van der Waals surface area contributed by atoms with E-state index in [-0.39, 0.29) is 13.2 Å². The van der Waals surface area contributed by atoms with Gasteiger partial charge in [-0.15, -0.1) is 0 Å². The lowest BCUT2D eigenvalue weighted by molar-refractivity contribution is -0.0395. The standard InChI is InChI=1S/C4H8F3NO2S/c1-10-3-2-8-11(9)4(5,6)7/h8H,2-3H2,1H3. The third kappa shape index (κ3) is 5.16. The van der Waals surface area contributed by atoms with Crippen LogP contribution in [0.25, 0.3) is 0 Å². The van der Waals surface area contributed by atoms with Crippen molar-refractivity contribution in [3.8, 4) is 0 Å². The Morgan fingerprint density at radius 2 is 2.09 bits per heavy atom. The number of alkyl halides is 3. The van der Waals surface area contributed by atoms with Crippen molar-refractivity contribution >= 4 is 11.0 Å². The molecule has 0 aromatic carbocycles. The van der Waals surface area contributed by atoms with Gasteiger partial charge in [-0.3, -0.25) is 0 Å². The van der Waals surface area contributed by atoms with Crippen LogP contribution in [0.4, 0.5) is 13.2 Å². The van der Waals surface area contributed by atoms with E-state index in [0.29, 0.717) is 0 Å². The van der Waals surface area contributed by atoms with Crippen molar-refractivity contribution in [3.63, 3.8) is 0 Å². The summed E-state index contributed by atoms with van der Waals surface area (Å²) in [5.41, 5.74) is -4.69. The molecule has 0 bridgehead atoms. The third-order valence-corrected chi connectivity index (χ3v) is 1.64. The first-order valence-corrected chi connectivity index (χ1v) is 3.84. The van der Waals surface area contributed by atoms with Gasteiger partial charge in [0, 0.05) is 13.7 Å². The summed E-state index contributed by atoms with van der Waals surface area (Å²) >= 11 is 0. The van der Waals surface area contributed by atoms with Crippen molar-refractivity contribution in [2.75, 3.05) is 20.3 Å². The molecule has 0 fully saturated rings. The summed E-state index contributed by atoms with van der Waals surface area (Å²) in [6.45, 7) is 0.0183. The molecule has 0 aliphatic heterocycles. The molecular weight excluding hydrogens is 183 g/mol. The molecule has 1 unspecified atom stereocenters. The Labute approximate surface area is 64.5 Å². The Bertz CT molecular complexity index is 138. The summed E-state index contributed by atoms with van der Waals surface area (Å²) in [6.07, 6.45) is 0. The zero-order valence-electron chi connectivity index (χ0n) is 5.77. The number of ether oxygens (including phenoxy) is 1. The van der Waals surface area contributed by atoms with Crippen LogP contribution in [0, 0.1) is 0 Å². The van der Waals surface area contributed by atoms with Crippen LogP contribution in [0.1, 0.15) is 0 Å². The molecule has 0 heterocycles. The van der Waals surface area contributed by atoms with Crippen molar-refractivity contribution in [1.82, 2.24) is 4.72 Å². The fourth-order valence-corrected chi connectivity index (χ4v) is 0.751. The molecule has 0 aromatic heterocycles. The van der Waals surface area contributed by atoms with Gasteiger partial charge in [0.15, 0.2) is 11.0 Å². The van der Waals surface area contributed by atoms with Crippen LogP contribution in [-0.4, -0.2) is 30.0 Å². The second kappa shape index (κ2) is 4.68. The lowest BCUT2D eigenvalue weighted by atomic mass is 10.7. The molecule has 0 aliphatic carbocycles. The SMILES string of the molecule is COCCNS(=O)C(F)(F)F. The average molecular weight is 191 g/mol. The fourth-order valence-electron chi connectivity index (χ4n) is 0.318. The Hall–Kier alpha value is -0.140. The molecular formula is C4H8F3NO2S. The number of hydrogen-bond donors (Lipinski definition) is 1. The topological polar surface area (TPSA) is 38.3 Å². The molecule has 0 aromatic rings.